The standard InChI is InChI=1S/C12H18N2O2S/c1-13(2)10-7-14(8-11(10)15)12(16)6-9-4-3-5-17-9/h3-5,10-11,15H,6-8H2,1-2H3/t10-,11-/m1/s1. The third kappa shape index (κ3) is 2.86. The summed E-state index contributed by atoms with van der Waals surface area (Å²) in [5.41, 5.74) is 0. The first-order valence-corrected chi connectivity index (χ1v) is 6.60. The van der Waals surface area contributed by atoms with Crippen molar-refractivity contribution in [2.45, 2.75) is 18.6 Å². The molecule has 1 saturated heterocycles. The van der Waals surface area contributed by atoms with Crippen molar-refractivity contribution in [3.05, 3.63) is 22.4 Å². The SMILES string of the molecule is CN(C)[C@@H]1CN(C(=O)Cc2cccs2)C[C@H]1O. The van der Waals surface area contributed by atoms with Crippen LogP contribution in [0.4, 0.5) is 0 Å². The number of rotatable bonds is 3. The summed E-state index contributed by atoms with van der Waals surface area (Å²) in [7, 11) is 3.86. The molecule has 1 amide bonds. The number of thiophene rings is 1. The van der Waals surface area contributed by atoms with Gasteiger partial charge in [-0.2, -0.15) is 0 Å². The molecule has 0 spiro atoms. The lowest BCUT2D eigenvalue weighted by atomic mass is 10.2. The van der Waals surface area contributed by atoms with Crippen LogP contribution in [0, 0.1) is 0 Å². The summed E-state index contributed by atoms with van der Waals surface area (Å²) in [5.74, 6) is 0.107. The van der Waals surface area contributed by atoms with Crippen LogP contribution in [0.2, 0.25) is 0 Å². The smallest absolute Gasteiger partial charge is 0.227 e. The molecule has 0 unspecified atom stereocenters. The molecule has 2 rings (SSSR count). The molecular weight excluding hydrogens is 236 g/mol. The fourth-order valence-electron chi connectivity index (χ4n) is 2.15. The Kier molecular flexibility index (Phi) is 3.81. The van der Waals surface area contributed by atoms with Crippen LogP contribution in [0.5, 0.6) is 0 Å². The van der Waals surface area contributed by atoms with Gasteiger partial charge in [-0.3, -0.25) is 4.79 Å². The third-order valence-electron chi connectivity index (χ3n) is 3.18. The van der Waals surface area contributed by atoms with E-state index in [0.29, 0.717) is 19.5 Å². The van der Waals surface area contributed by atoms with Crippen LogP contribution in [0.1, 0.15) is 4.88 Å². The number of carbonyl (C=O) groups excluding carboxylic acids is 1. The first-order chi connectivity index (χ1) is 8.08. The molecule has 1 aliphatic heterocycles. The maximum Gasteiger partial charge on any atom is 0.227 e. The summed E-state index contributed by atoms with van der Waals surface area (Å²) in [4.78, 5) is 16.8. The summed E-state index contributed by atoms with van der Waals surface area (Å²) < 4.78 is 0. The summed E-state index contributed by atoms with van der Waals surface area (Å²) in [6.07, 6.45) is 0.0159. The molecule has 17 heavy (non-hydrogen) atoms. The van der Waals surface area contributed by atoms with Gasteiger partial charge < -0.3 is 14.9 Å². The largest absolute Gasteiger partial charge is 0.390 e. The van der Waals surface area contributed by atoms with E-state index < -0.39 is 6.10 Å². The highest BCUT2D eigenvalue weighted by atomic mass is 32.1. The molecule has 0 radical (unpaired) electrons. The molecule has 94 valence electrons. The second-order valence-corrected chi connectivity index (χ2v) is 5.69. The van der Waals surface area contributed by atoms with Gasteiger partial charge in [-0.1, -0.05) is 6.07 Å². The molecule has 0 aromatic carbocycles. The van der Waals surface area contributed by atoms with Crippen LogP contribution < -0.4 is 0 Å². The maximum atomic E-state index is 12.0. The van der Waals surface area contributed by atoms with Crippen molar-refractivity contribution in [3.63, 3.8) is 0 Å². The zero-order valence-electron chi connectivity index (χ0n) is 10.2. The normalized spacial score (nSPS) is 24.6. The fraction of sp³-hybridized carbons (Fsp3) is 0.583. The minimum atomic E-state index is -0.433. The van der Waals surface area contributed by atoms with Crippen molar-refractivity contribution in [3.8, 4) is 0 Å². The first kappa shape index (κ1) is 12.5. The van der Waals surface area contributed by atoms with Crippen molar-refractivity contribution in [1.29, 1.82) is 0 Å². The van der Waals surface area contributed by atoms with Gasteiger partial charge in [-0.05, 0) is 25.5 Å². The maximum absolute atomic E-state index is 12.0. The minimum Gasteiger partial charge on any atom is -0.390 e. The minimum absolute atomic E-state index is 0.0577. The zero-order valence-corrected chi connectivity index (χ0v) is 11.0. The monoisotopic (exact) mass is 254 g/mol. The number of β-amino-alcohol motifs (C(OH)–C–C–N with tert-alkyl or cyclic N) is 1. The van der Waals surface area contributed by atoms with E-state index in [4.69, 9.17) is 0 Å². The molecule has 1 aromatic heterocycles. The zero-order chi connectivity index (χ0) is 12.4. The van der Waals surface area contributed by atoms with Gasteiger partial charge in [0, 0.05) is 18.0 Å². The summed E-state index contributed by atoms with van der Waals surface area (Å²) in [6.45, 7) is 1.07. The summed E-state index contributed by atoms with van der Waals surface area (Å²) in [6, 6.07) is 3.98. The highest BCUT2D eigenvalue weighted by molar-refractivity contribution is 7.10. The van der Waals surface area contributed by atoms with Gasteiger partial charge >= 0.3 is 0 Å². The lowest BCUT2D eigenvalue weighted by molar-refractivity contribution is -0.129. The van der Waals surface area contributed by atoms with Gasteiger partial charge in [0.25, 0.3) is 0 Å². The van der Waals surface area contributed by atoms with E-state index in [9.17, 15) is 9.90 Å². The summed E-state index contributed by atoms with van der Waals surface area (Å²) in [5, 5.41) is 11.8. The average Bonchev–Trinajstić information content (AvgIpc) is 2.86. The molecule has 2 heterocycles. The van der Waals surface area contributed by atoms with E-state index in [1.165, 1.54) is 0 Å². The Morgan fingerprint density at radius 3 is 2.88 bits per heavy atom. The topological polar surface area (TPSA) is 43.8 Å². The Labute approximate surface area is 105 Å². The Morgan fingerprint density at radius 2 is 2.35 bits per heavy atom. The number of carbonyl (C=O) groups is 1. The molecule has 1 fully saturated rings. The number of nitrogens with zero attached hydrogens (tertiary/aromatic N) is 2. The second kappa shape index (κ2) is 5.16. The number of likely N-dealkylation sites (tertiary alicyclic amines) is 1. The van der Waals surface area contributed by atoms with Crippen molar-refractivity contribution in [1.82, 2.24) is 9.80 Å². The highest BCUT2D eigenvalue weighted by Gasteiger charge is 2.34. The molecule has 0 saturated carbocycles. The Hall–Kier alpha value is -0.910. The van der Waals surface area contributed by atoms with Gasteiger partial charge in [-0.25, -0.2) is 0 Å². The molecule has 5 heteroatoms. The van der Waals surface area contributed by atoms with Crippen LogP contribution in [0.3, 0.4) is 0 Å². The number of likely N-dealkylation sites (N-methyl/N-ethyl adjacent to an activating group) is 1. The molecule has 4 nitrogen and oxygen atoms in total. The molecule has 1 aromatic rings. The van der Waals surface area contributed by atoms with Crippen molar-refractivity contribution in [2.24, 2.45) is 0 Å². The predicted molar refractivity (Wildman–Crippen MR) is 68.1 cm³/mol. The van der Waals surface area contributed by atoms with Crippen LogP contribution in [-0.2, 0) is 11.2 Å². The number of aliphatic hydroxyl groups excluding tert-OH is 1. The lowest BCUT2D eigenvalue weighted by Gasteiger charge is -2.21. The molecular formula is C12H18N2O2S. The first-order valence-electron chi connectivity index (χ1n) is 5.72. The Balaban J connectivity index is 1.93. The predicted octanol–water partition coefficient (Wildman–Crippen LogP) is 0.424. The average molecular weight is 254 g/mol. The van der Waals surface area contributed by atoms with E-state index in [-0.39, 0.29) is 11.9 Å². The molecule has 0 bridgehead atoms. The number of hydrogen-bond donors (Lipinski definition) is 1. The van der Waals surface area contributed by atoms with E-state index in [1.807, 2.05) is 36.5 Å². The Bertz CT molecular complexity index is 378. The van der Waals surface area contributed by atoms with Crippen LogP contribution >= 0.6 is 11.3 Å². The molecule has 1 N–H and O–H groups in total. The molecule has 1 aliphatic rings. The van der Waals surface area contributed by atoms with E-state index in [1.54, 1.807) is 16.2 Å². The molecule has 0 aliphatic carbocycles. The van der Waals surface area contributed by atoms with Crippen LogP contribution in [0.25, 0.3) is 0 Å². The van der Waals surface area contributed by atoms with Gasteiger partial charge in [0.15, 0.2) is 0 Å². The fourth-order valence-corrected chi connectivity index (χ4v) is 2.85. The number of aliphatic hydroxyl groups is 1. The van der Waals surface area contributed by atoms with Gasteiger partial charge in [0.1, 0.15) is 0 Å². The van der Waals surface area contributed by atoms with Crippen LogP contribution in [0.15, 0.2) is 17.5 Å². The highest BCUT2D eigenvalue weighted by Crippen LogP contribution is 2.17. The van der Waals surface area contributed by atoms with Gasteiger partial charge in [0.2, 0.25) is 5.91 Å². The van der Waals surface area contributed by atoms with Gasteiger partial charge in [-0.15, -0.1) is 11.3 Å². The van der Waals surface area contributed by atoms with Crippen molar-refractivity contribution >= 4 is 17.2 Å². The van der Waals surface area contributed by atoms with E-state index in [0.717, 1.165) is 4.88 Å². The number of hydrogen-bond acceptors (Lipinski definition) is 4. The third-order valence-corrected chi connectivity index (χ3v) is 4.06. The summed E-state index contributed by atoms with van der Waals surface area (Å²) >= 11 is 1.60. The molecule has 2 atom stereocenters. The lowest BCUT2D eigenvalue weighted by Crippen LogP contribution is -2.38. The van der Waals surface area contributed by atoms with E-state index in [2.05, 4.69) is 0 Å². The van der Waals surface area contributed by atoms with Crippen molar-refractivity contribution in [2.75, 3.05) is 27.2 Å². The van der Waals surface area contributed by atoms with Gasteiger partial charge in [0.05, 0.1) is 18.6 Å². The Morgan fingerprint density at radius 1 is 1.59 bits per heavy atom. The van der Waals surface area contributed by atoms with Crippen molar-refractivity contribution < 1.29 is 9.90 Å². The van der Waals surface area contributed by atoms with Crippen LogP contribution in [-0.4, -0.2) is 60.1 Å². The second-order valence-electron chi connectivity index (χ2n) is 4.65. The number of amides is 1. The quantitative estimate of drug-likeness (QED) is 0.850. The van der Waals surface area contributed by atoms with E-state index >= 15 is 0 Å².